The number of carbonyl (C=O) groups is 3. The Morgan fingerprint density at radius 3 is 1.62 bits per heavy atom. The Labute approximate surface area is 186 Å². The van der Waals surface area contributed by atoms with Crippen molar-refractivity contribution < 1.29 is 28.6 Å². The van der Waals surface area contributed by atoms with Crippen LogP contribution >= 0.6 is 0 Å². The van der Waals surface area contributed by atoms with E-state index in [-0.39, 0.29) is 13.2 Å². The predicted octanol–water partition coefficient (Wildman–Crippen LogP) is 5.16. The van der Waals surface area contributed by atoms with Gasteiger partial charge >= 0.3 is 17.9 Å². The highest BCUT2D eigenvalue weighted by Gasteiger charge is 2.16. The molecule has 0 unspecified atom stereocenters. The van der Waals surface area contributed by atoms with Gasteiger partial charge in [-0.2, -0.15) is 0 Å². The van der Waals surface area contributed by atoms with Crippen molar-refractivity contribution in [3.8, 4) is 22.3 Å². The fraction of sp³-hybridized carbons (Fsp3) is 0.192. The largest absolute Gasteiger partial charge is 0.465 e. The van der Waals surface area contributed by atoms with Crippen LogP contribution in [0.5, 0.6) is 0 Å². The summed E-state index contributed by atoms with van der Waals surface area (Å²) in [4.78, 5) is 36.6. The maximum atomic E-state index is 12.2. The zero-order chi connectivity index (χ0) is 23.1. The molecule has 32 heavy (non-hydrogen) atoms. The van der Waals surface area contributed by atoms with Gasteiger partial charge in [0.25, 0.3) is 0 Å². The molecule has 0 spiro atoms. The van der Waals surface area contributed by atoms with E-state index in [9.17, 15) is 14.4 Å². The summed E-state index contributed by atoms with van der Waals surface area (Å²) in [5.74, 6) is -1.31. The summed E-state index contributed by atoms with van der Waals surface area (Å²) in [6.45, 7) is 4.05. The Balaban J connectivity index is 2.16. The topological polar surface area (TPSA) is 78.9 Å². The molecule has 0 aliphatic rings. The maximum absolute atomic E-state index is 12.2. The summed E-state index contributed by atoms with van der Waals surface area (Å²) in [6.07, 6.45) is 0. The zero-order valence-electron chi connectivity index (χ0n) is 18.2. The van der Waals surface area contributed by atoms with Crippen molar-refractivity contribution in [2.24, 2.45) is 0 Å². The van der Waals surface area contributed by atoms with Crippen molar-refractivity contribution in [2.75, 3.05) is 20.3 Å². The highest BCUT2D eigenvalue weighted by atomic mass is 16.5. The summed E-state index contributed by atoms with van der Waals surface area (Å²) in [7, 11) is 1.32. The molecular formula is C26H24O6. The molecule has 0 saturated heterocycles. The molecule has 0 aliphatic carbocycles. The zero-order valence-corrected chi connectivity index (χ0v) is 18.2. The van der Waals surface area contributed by atoms with E-state index in [0.29, 0.717) is 22.3 Å². The van der Waals surface area contributed by atoms with Gasteiger partial charge in [0.1, 0.15) is 0 Å². The van der Waals surface area contributed by atoms with Crippen LogP contribution in [0.2, 0.25) is 0 Å². The Morgan fingerprint density at radius 2 is 1.12 bits per heavy atom. The summed E-state index contributed by atoms with van der Waals surface area (Å²) < 4.78 is 15.1. The van der Waals surface area contributed by atoms with Crippen molar-refractivity contribution in [1.82, 2.24) is 0 Å². The number of carbonyl (C=O) groups excluding carboxylic acids is 3. The number of rotatable bonds is 7. The van der Waals surface area contributed by atoms with Gasteiger partial charge in [-0.25, -0.2) is 14.4 Å². The molecule has 0 fully saturated rings. The van der Waals surface area contributed by atoms with Crippen LogP contribution in [0.3, 0.4) is 0 Å². The van der Waals surface area contributed by atoms with Crippen molar-refractivity contribution in [2.45, 2.75) is 13.8 Å². The van der Waals surface area contributed by atoms with Crippen LogP contribution < -0.4 is 0 Å². The maximum Gasteiger partial charge on any atom is 0.338 e. The van der Waals surface area contributed by atoms with Crippen LogP contribution in [0.15, 0.2) is 66.7 Å². The van der Waals surface area contributed by atoms with E-state index in [1.807, 2.05) is 12.1 Å². The first-order valence-corrected chi connectivity index (χ1v) is 10.3. The first-order chi connectivity index (χ1) is 15.5. The van der Waals surface area contributed by atoms with Gasteiger partial charge in [0, 0.05) is 0 Å². The number of hydrogen-bond acceptors (Lipinski definition) is 6. The molecule has 0 aromatic heterocycles. The van der Waals surface area contributed by atoms with Gasteiger partial charge in [-0.1, -0.05) is 30.3 Å². The SMILES string of the molecule is CCOC(=O)c1cccc(-c2ccc(C(=O)OC)cc2-c2cccc(C(=O)OCC)c2)c1. The molecule has 0 heterocycles. The molecule has 3 rings (SSSR count). The summed E-state index contributed by atoms with van der Waals surface area (Å²) in [5.41, 5.74) is 4.17. The Kier molecular flexibility index (Phi) is 7.39. The summed E-state index contributed by atoms with van der Waals surface area (Å²) in [6, 6.07) is 19.2. The Hall–Kier alpha value is -3.93. The van der Waals surface area contributed by atoms with Gasteiger partial charge in [0.05, 0.1) is 37.0 Å². The molecule has 6 nitrogen and oxygen atoms in total. The van der Waals surface area contributed by atoms with E-state index in [4.69, 9.17) is 14.2 Å². The van der Waals surface area contributed by atoms with Gasteiger partial charge in [0.15, 0.2) is 0 Å². The highest BCUT2D eigenvalue weighted by molar-refractivity contribution is 5.97. The van der Waals surface area contributed by atoms with Gasteiger partial charge in [-0.3, -0.25) is 0 Å². The van der Waals surface area contributed by atoms with Crippen LogP contribution in [0, 0.1) is 0 Å². The third kappa shape index (κ3) is 5.03. The smallest absolute Gasteiger partial charge is 0.338 e. The molecule has 0 saturated carbocycles. The quantitative estimate of drug-likeness (QED) is 0.379. The van der Waals surface area contributed by atoms with Crippen LogP contribution in [-0.4, -0.2) is 38.2 Å². The van der Waals surface area contributed by atoms with Gasteiger partial charge in [-0.05, 0) is 72.5 Å². The summed E-state index contributed by atoms with van der Waals surface area (Å²) >= 11 is 0. The lowest BCUT2D eigenvalue weighted by molar-refractivity contribution is 0.0517. The first kappa shape index (κ1) is 22.7. The average Bonchev–Trinajstić information content (AvgIpc) is 2.83. The van der Waals surface area contributed by atoms with Crippen molar-refractivity contribution in [1.29, 1.82) is 0 Å². The third-order valence-corrected chi connectivity index (χ3v) is 4.81. The first-order valence-electron chi connectivity index (χ1n) is 10.3. The van der Waals surface area contributed by atoms with E-state index in [1.165, 1.54) is 7.11 Å². The van der Waals surface area contributed by atoms with Crippen molar-refractivity contribution in [3.05, 3.63) is 83.4 Å². The second kappa shape index (κ2) is 10.4. The van der Waals surface area contributed by atoms with E-state index in [1.54, 1.807) is 68.4 Å². The fourth-order valence-corrected chi connectivity index (χ4v) is 3.34. The minimum Gasteiger partial charge on any atom is -0.465 e. The van der Waals surface area contributed by atoms with Crippen LogP contribution in [0.1, 0.15) is 44.9 Å². The van der Waals surface area contributed by atoms with Gasteiger partial charge in [-0.15, -0.1) is 0 Å². The van der Waals surface area contributed by atoms with Crippen LogP contribution in [0.25, 0.3) is 22.3 Å². The van der Waals surface area contributed by atoms with E-state index >= 15 is 0 Å². The molecule has 0 N–H and O–H groups in total. The lowest BCUT2D eigenvalue weighted by Gasteiger charge is -2.14. The summed E-state index contributed by atoms with van der Waals surface area (Å²) in [5, 5.41) is 0. The molecular weight excluding hydrogens is 408 g/mol. The third-order valence-electron chi connectivity index (χ3n) is 4.81. The van der Waals surface area contributed by atoms with E-state index in [2.05, 4.69) is 0 Å². The minimum absolute atomic E-state index is 0.271. The number of benzene rings is 3. The second-order valence-electron chi connectivity index (χ2n) is 6.85. The lowest BCUT2D eigenvalue weighted by atomic mass is 9.91. The molecule has 0 aliphatic heterocycles. The van der Waals surface area contributed by atoms with Gasteiger partial charge in [0.2, 0.25) is 0 Å². The number of esters is 3. The molecule has 3 aromatic carbocycles. The molecule has 3 aromatic rings. The standard InChI is InChI=1S/C26H24O6/c1-4-31-25(28)19-10-6-8-17(14-19)22-13-12-21(24(27)30-3)16-23(22)18-9-7-11-20(15-18)26(29)32-5-2/h6-16H,4-5H2,1-3H3. The van der Waals surface area contributed by atoms with Crippen molar-refractivity contribution in [3.63, 3.8) is 0 Å². The Bertz CT molecular complexity index is 1150. The number of ether oxygens (including phenoxy) is 3. The molecule has 0 amide bonds. The average molecular weight is 432 g/mol. The Morgan fingerprint density at radius 1 is 0.625 bits per heavy atom. The lowest BCUT2D eigenvalue weighted by Crippen LogP contribution is -2.05. The fourth-order valence-electron chi connectivity index (χ4n) is 3.34. The van der Waals surface area contributed by atoms with Crippen LogP contribution in [-0.2, 0) is 14.2 Å². The molecule has 164 valence electrons. The molecule has 0 atom stereocenters. The van der Waals surface area contributed by atoms with Crippen molar-refractivity contribution >= 4 is 17.9 Å². The number of methoxy groups -OCH3 is 1. The molecule has 6 heteroatoms. The van der Waals surface area contributed by atoms with E-state index < -0.39 is 17.9 Å². The second-order valence-corrected chi connectivity index (χ2v) is 6.85. The van der Waals surface area contributed by atoms with Gasteiger partial charge < -0.3 is 14.2 Å². The minimum atomic E-state index is -0.473. The van der Waals surface area contributed by atoms with E-state index in [0.717, 1.165) is 16.7 Å². The monoisotopic (exact) mass is 432 g/mol. The predicted molar refractivity (Wildman–Crippen MR) is 121 cm³/mol. The van der Waals surface area contributed by atoms with Crippen LogP contribution in [0.4, 0.5) is 0 Å². The molecule has 0 radical (unpaired) electrons. The highest BCUT2D eigenvalue weighted by Crippen LogP contribution is 2.34. The molecule has 0 bridgehead atoms. The number of hydrogen-bond donors (Lipinski definition) is 0. The normalized spacial score (nSPS) is 10.3.